The van der Waals surface area contributed by atoms with Crippen molar-refractivity contribution >= 4 is 11.8 Å². The Bertz CT molecular complexity index is 422. The highest BCUT2D eigenvalue weighted by Gasteiger charge is 2.41. The number of nitrogens with two attached hydrogens (primary N) is 1. The maximum atomic E-state index is 12.7. The van der Waals surface area contributed by atoms with E-state index in [4.69, 9.17) is 5.73 Å². The summed E-state index contributed by atoms with van der Waals surface area (Å²) in [5, 5.41) is 3.02. The number of likely N-dealkylation sites (tertiary alicyclic amines) is 1. The molecule has 0 spiro atoms. The number of piperidine rings is 1. The minimum atomic E-state index is -0.628. The second-order valence-corrected chi connectivity index (χ2v) is 8.08. The van der Waals surface area contributed by atoms with Gasteiger partial charge in [-0.1, -0.05) is 33.6 Å². The van der Waals surface area contributed by atoms with Crippen LogP contribution in [0.25, 0.3) is 0 Å². The molecule has 5 nitrogen and oxygen atoms in total. The summed E-state index contributed by atoms with van der Waals surface area (Å²) in [6.07, 6.45) is 5.80. The second kappa shape index (κ2) is 6.57. The first-order valence-corrected chi connectivity index (χ1v) is 8.59. The van der Waals surface area contributed by atoms with Gasteiger partial charge in [-0.3, -0.25) is 9.59 Å². The maximum Gasteiger partial charge on any atom is 0.242 e. The second-order valence-electron chi connectivity index (χ2n) is 8.08. The van der Waals surface area contributed by atoms with Crippen LogP contribution in [0.5, 0.6) is 0 Å². The van der Waals surface area contributed by atoms with Crippen LogP contribution in [-0.4, -0.2) is 41.9 Å². The molecule has 3 N–H and O–H groups in total. The van der Waals surface area contributed by atoms with Crippen molar-refractivity contribution in [2.24, 2.45) is 17.1 Å². The van der Waals surface area contributed by atoms with Gasteiger partial charge in [-0.05, 0) is 31.6 Å². The summed E-state index contributed by atoms with van der Waals surface area (Å²) in [5.41, 5.74) is 5.30. The van der Waals surface area contributed by atoms with E-state index in [1.54, 1.807) is 0 Å². The highest BCUT2D eigenvalue weighted by atomic mass is 16.2. The Labute approximate surface area is 134 Å². The molecule has 1 heterocycles. The first-order valence-electron chi connectivity index (χ1n) is 8.59. The van der Waals surface area contributed by atoms with Crippen LogP contribution in [0.1, 0.15) is 59.3 Å². The van der Waals surface area contributed by atoms with Crippen LogP contribution in [0.15, 0.2) is 0 Å². The van der Waals surface area contributed by atoms with Gasteiger partial charge in [0.2, 0.25) is 11.8 Å². The van der Waals surface area contributed by atoms with Crippen molar-refractivity contribution in [3.05, 3.63) is 0 Å². The monoisotopic (exact) mass is 309 g/mol. The Balaban J connectivity index is 1.86. The van der Waals surface area contributed by atoms with Crippen LogP contribution in [-0.2, 0) is 9.59 Å². The van der Waals surface area contributed by atoms with Crippen molar-refractivity contribution in [1.82, 2.24) is 10.2 Å². The molecule has 126 valence electrons. The van der Waals surface area contributed by atoms with Gasteiger partial charge < -0.3 is 16.0 Å². The molecule has 0 aromatic carbocycles. The zero-order valence-electron chi connectivity index (χ0n) is 14.3. The molecule has 1 atom stereocenters. The molecule has 0 radical (unpaired) electrons. The SMILES string of the molecule is CC(C)(C)C(=O)NCC1CCCN(C(=O)C2(N)CCCC2)C1. The first-order chi connectivity index (χ1) is 10.2. The van der Waals surface area contributed by atoms with Crippen LogP contribution in [0.4, 0.5) is 0 Å². The number of hydrogen-bond acceptors (Lipinski definition) is 3. The van der Waals surface area contributed by atoms with Gasteiger partial charge in [0, 0.05) is 25.0 Å². The third-order valence-corrected chi connectivity index (χ3v) is 4.96. The highest BCUT2D eigenvalue weighted by Crippen LogP contribution is 2.30. The molecule has 2 aliphatic rings. The lowest BCUT2D eigenvalue weighted by Crippen LogP contribution is -2.56. The van der Waals surface area contributed by atoms with Crippen molar-refractivity contribution in [3.63, 3.8) is 0 Å². The quantitative estimate of drug-likeness (QED) is 0.832. The lowest BCUT2D eigenvalue weighted by molar-refractivity contribution is -0.138. The fourth-order valence-corrected chi connectivity index (χ4v) is 3.45. The van der Waals surface area contributed by atoms with Crippen LogP contribution in [0.3, 0.4) is 0 Å². The summed E-state index contributed by atoms with van der Waals surface area (Å²) in [6.45, 7) is 7.92. The molecule has 0 bridgehead atoms. The molecule has 0 aromatic rings. The Morgan fingerprint density at radius 2 is 1.86 bits per heavy atom. The van der Waals surface area contributed by atoms with E-state index in [0.717, 1.165) is 51.6 Å². The molecule has 1 unspecified atom stereocenters. The average Bonchev–Trinajstić information content (AvgIpc) is 2.91. The lowest BCUT2D eigenvalue weighted by Gasteiger charge is -2.37. The largest absolute Gasteiger partial charge is 0.355 e. The smallest absolute Gasteiger partial charge is 0.242 e. The minimum absolute atomic E-state index is 0.0713. The lowest BCUT2D eigenvalue weighted by atomic mass is 9.92. The Hall–Kier alpha value is -1.10. The van der Waals surface area contributed by atoms with Crippen LogP contribution >= 0.6 is 0 Å². The van der Waals surface area contributed by atoms with Gasteiger partial charge in [-0.15, -0.1) is 0 Å². The number of rotatable bonds is 3. The Kier molecular flexibility index (Phi) is 5.15. The number of hydrogen-bond donors (Lipinski definition) is 2. The maximum absolute atomic E-state index is 12.7. The van der Waals surface area contributed by atoms with E-state index in [0.29, 0.717) is 12.5 Å². The minimum Gasteiger partial charge on any atom is -0.355 e. The van der Waals surface area contributed by atoms with Gasteiger partial charge in [0.1, 0.15) is 0 Å². The van der Waals surface area contributed by atoms with E-state index >= 15 is 0 Å². The van der Waals surface area contributed by atoms with Gasteiger partial charge in [0.15, 0.2) is 0 Å². The van der Waals surface area contributed by atoms with Crippen LogP contribution in [0, 0.1) is 11.3 Å². The van der Waals surface area contributed by atoms with Crippen molar-refractivity contribution in [1.29, 1.82) is 0 Å². The van der Waals surface area contributed by atoms with Gasteiger partial charge in [0.05, 0.1) is 5.54 Å². The molecular formula is C17H31N3O2. The zero-order valence-corrected chi connectivity index (χ0v) is 14.3. The van der Waals surface area contributed by atoms with E-state index in [9.17, 15) is 9.59 Å². The fraction of sp³-hybridized carbons (Fsp3) is 0.882. The van der Waals surface area contributed by atoms with Crippen LogP contribution in [0.2, 0.25) is 0 Å². The summed E-state index contributed by atoms with van der Waals surface area (Å²) < 4.78 is 0. The molecule has 2 rings (SSSR count). The van der Waals surface area contributed by atoms with Crippen molar-refractivity contribution in [2.75, 3.05) is 19.6 Å². The Morgan fingerprint density at radius 3 is 2.45 bits per heavy atom. The molecule has 5 heteroatoms. The van der Waals surface area contributed by atoms with Gasteiger partial charge >= 0.3 is 0 Å². The highest BCUT2D eigenvalue weighted by molar-refractivity contribution is 5.86. The van der Waals surface area contributed by atoms with E-state index in [1.807, 2.05) is 25.7 Å². The molecule has 2 amide bonds. The van der Waals surface area contributed by atoms with E-state index in [1.165, 1.54) is 0 Å². The van der Waals surface area contributed by atoms with Gasteiger partial charge in [-0.2, -0.15) is 0 Å². The van der Waals surface area contributed by atoms with E-state index in [2.05, 4.69) is 5.32 Å². The summed E-state index contributed by atoms with van der Waals surface area (Å²) >= 11 is 0. The molecule has 2 fully saturated rings. The molecule has 22 heavy (non-hydrogen) atoms. The summed E-state index contributed by atoms with van der Waals surface area (Å²) in [5.74, 6) is 0.535. The number of carbonyl (C=O) groups is 2. The number of nitrogens with one attached hydrogen (secondary N) is 1. The Morgan fingerprint density at radius 1 is 1.23 bits per heavy atom. The van der Waals surface area contributed by atoms with E-state index < -0.39 is 5.54 Å². The number of amides is 2. The van der Waals surface area contributed by atoms with E-state index in [-0.39, 0.29) is 17.2 Å². The van der Waals surface area contributed by atoms with Crippen molar-refractivity contribution < 1.29 is 9.59 Å². The number of carbonyl (C=O) groups excluding carboxylic acids is 2. The molecule has 1 aliphatic heterocycles. The zero-order chi connectivity index (χ0) is 16.4. The predicted octanol–water partition coefficient (Wildman–Crippen LogP) is 1.66. The standard InChI is InChI=1S/C17H31N3O2/c1-16(2,3)14(21)19-11-13-7-6-10-20(12-13)15(22)17(18)8-4-5-9-17/h13H,4-12,18H2,1-3H3,(H,19,21). The van der Waals surface area contributed by atoms with Gasteiger partial charge in [0.25, 0.3) is 0 Å². The molecule has 0 aromatic heterocycles. The van der Waals surface area contributed by atoms with Crippen molar-refractivity contribution in [2.45, 2.75) is 64.8 Å². The average molecular weight is 309 g/mol. The molecule has 1 saturated carbocycles. The van der Waals surface area contributed by atoms with Gasteiger partial charge in [-0.25, -0.2) is 0 Å². The van der Waals surface area contributed by atoms with Crippen LogP contribution < -0.4 is 11.1 Å². The molecule has 1 saturated heterocycles. The predicted molar refractivity (Wildman–Crippen MR) is 87.2 cm³/mol. The fourth-order valence-electron chi connectivity index (χ4n) is 3.45. The molecule has 1 aliphatic carbocycles. The summed E-state index contributed by atoms with van der Waals surface area (Å²) in [7, 11) is 0. The first kappa shape index (κ1) is 17.3. The number of nitrogens with zero attached hydrogens (tertiary/aromatic N) is 1. The summed E-state index contributed by atoms with van der Waals surface area (Å²) in [6, 6.07) is 0. The van der Waals surface area contributed by atoms with Crippen molar-refractivity contribution in [3.8, 4) is 0 Å². The third-order valence-electron chi connectivity index (χ3n) is 4.96. The normalized spacial score (nSPS) is 25.1. The third kappa shape index (κ3) is 4.00. The topological polar surface area (TPSA) is 75.4 Å². The summed E-state index contributed by atoms with van der Waals surface area (Å²) in [4.78, 5) is 26.6. The molecular weight excluding hydrogens is 278 g/mol.